The van der Waals surface area contributed by atoms with Gasteiger partial charge in [0.1, 0.15) is 5.76 Å². The first kappa shape index (κ1) is 22.5. The highest BCUT2D eigenvalue weighted by Crippen LogP contribution is 2.33. The molecule has 0 saturated carbocycles. The smallest absolute Gasteiger partial charge is 0.295 e. The van der Waals surface area contributed by atoms with Gasteiger partial charge in [-0.1, -0.05) is 23.4 Å². The Morgan fingerprint density at radius 1 is 1.09 bits per heavy atom. The Bertz CT molecular complexity index is 1420. The van der Waals surface area contributed by atoms with Crippen molar-refractivity contribution in [1.82, 2.24) is 24.9 Å². The highest BCUT2D eigenvalue weighted by Gasteiger charge is 2.34. The van der Waals surface area contributed by atoms with Gasteiger partial charge in [0.15, 0.2) is 0 Å². The molecule has 1 N–H and O–H groups in total. The monoisotopic (exact) mass is 471 g/mol. The lowest BCUT2D eigenvalue weighted by Gasteiger charge is -2.39. The van der Waals surface area contributed by atoms with Crippen molar-refractivity contribution in [2.45, 2.75) is 26.8 Å². The van der Waals surface area contributed by atoms with Crippen molar-refractivity contribution in [2.24, 2.45) is 0 Å². The second-order valence-electron chi connectivity index (χ2n) is 8.78. The lowest BCUT2D eigenvalue weighted by molar-refractivity contribution is -0.130. The van der Waals surface area contributed by atoms with Crippen LogP contribution in [0.15, 0.2) is 53.3 Å². The number of benzene rings is 1. The van der Waals surface area contributed by atoms with Gasteiger partial charge < -0.3 is 19.3 Å². The molecule has 0 bridgehead atoms. The molecule has 1 aromatic carbocycles. The number of piperazine rings is 1. The molecule has 1 saturated heterocycles. The van der Waals surface area contributed by atoms with E-state index in [0.717, 1.165) is 16.8 Å². The van der Waals surface area contributed by atoms with Crippen LogP contribution in [0.25, 0.3) is 22.2 Å². The van der Waals surface area contributed by atoms with Crippen LogP contribution in [0.2, 0.25) is 0 Å². The number of fused-ring (bicyclic) bond motifs is 1. The summed E-state index contributed by atoms with van der Waals surface area (Å²) < 4.78 is 5.30. The van der Waals surface area contributed by atoms with Crippen molar-refractivity contribution in [3.8, 4) is 11.1 Å². The van der Waals surface area contributed by atoms with E-state index in [1.165, 1.54) is 11.1 Å². The Balaban J connectivity index is 1.37. The minimum atomic E-state index is -0.630. The molecule has 4 aromatic rings. The van der Waals surface area contributed by atoms with E-state index in [4.69, 9.17) is 4.52 Å². The zero-order valence-corrected chi connectivity index (χ0v) is 19.7. The summed E-state index contributed by atoms with van der Waals surface area (Å²) in [5, 5.41) is 4.01. The van der Waals surface area contributed by atoms with E-state index in [-0.39, 0.29) is 24.1 Å². The van der Waals surface area contributed by atoms with Gasteiger partial charge in [-0.05, 0) is 39.0 Å². The van der Waals surface area contributed by atoms with E-state index in [1.54, 1.807) is 23.2 Å². The average molecular weight is 472 g/mol. The first-order chi connectivity index (χ1) is 16.9. The quantitative estimate of drug-likeness (QED) is 0.361. The van der Waals surface area contributed by atoms with Crippen LogP contribution in [0.3, 0.4) is 0 Å². The summed E-state index contributed by atoms with van der Waals surface area (Å²) in [6.45, 7) is 6.52. The van der Waals surface area contributed by atoms with Crippen LogP contribution < -0.4 is 0 Å². The third-order valence-electron chi connectivity index (χ3n) is 6.50. The number of ketones is 1. The Labute approximate surface area is 201 Å². The summed E-state index contributed by atoms with van der Waals surface area (Å²) >= 11 is 0. The van der Waals surface area contributed by atoms with E-state index in [0.29, 0.717) is 35.4 Å². The van der Waals surface area contributed by atoms with Crippen LogP contribution in [0.4, 0.5) is 0 Å². The lowest BCUT2D eigenvalue weighted by atomic mass is 10.0. The zero-order chi connectivity index (χ0) is 24.7. The van der Waals surface area contributed by atoms with Crippen LogP contribution >= 0.6 is 0 Å². The molecule has 4 heterocycles. The first-order valence-electron chi connectivity index (χ1n) is 11.5. The number of nitrogens with zero attached hydrogens (tertiary/aromatic N) is 4. The Hall–Kier alpha value is -4.27. The summed E-state index contributed by atoms with van der Waals surface area (Å²) in [6.07, 6.45) is 3.13. The molecule has 3 aromatic heterocycles. The van der Waals surface area contributed by atoms with Gasteiger partial charge in [0.05, 0.1) is 22.3 Å². The van der Waals surface area contributed by atoms with Crippen molar-refractivity contribution in [2.75, 3.05) is 19.6 Å². The van der Waals surface area contributed by atoms with Gasteiger partial charge in [0, 0.05) is 54.8 Å². The van der Waals surface area contributed by atoms with Crippen molar-refractivity contribution < 1.29 is 18.9 Å². The molecule has 9 heteroatoms. The van der Waals surface area contributed by atoms with E-state index in [2.05, 4.69) is 15.1 Å². The largest absolute Gasteiger partial charge is 0.361 e. The summed E-state index contributed by atoms with van der Waals surface area (Å²) in [5.41, 5.74) is 4.25. The van der Waals surface area contributed by atoms with Crippen LogP contribution in [-0.2, 0) is 4.79 Å². The highest BCUT2D eigenvalue weighted by atomic mass is 16.5. The van der Waals surface area contributed by atoms with Crippen LogP contribution in [0.5, 0.6) is 0 Å². The Morgan fingerprint density at radius 3 is 2.54 bits per heavy atom. The number of pyridine rings is 1. The molecule has 0 unspecified atom stereocenters. The van der Waals surface area contributed by atoms with Crippen molar-refractivity contribution in [3.63, 3.8) is 0 Å². The summed E-state index contributed by atoms with van der Waals surface area (Å²) in [4.78, 5) is 50.0. The maximum absolute atomic E-state index is 13.3. The van der Waals surface area contributed by atoms with Gasteiger partial charge in [-0.25, -0.2) is 0 Å². The molecule has 5 rings (SSSR count). The molecule has 35 heavy (non-hydrogen) atoms. The molecular formula is C26H25N5O4. The maximum Gasteiger partial charge on any atom is 0.295 e. The fraction of sp³-hybridized carbons (Fsp3) is 0.269. The number of aromatic nitrogens is 3. The molecule has 1 aliphatic heterocycles. The standard InChI is InChI=1S/C26H25N5O4/c1-15-14-30(25(33)18-7-5-4-6-8-18)11-12-31(15)26(34)24(32)20-13-28-22-19(9-10-27-23(20)22)21-16(2)29-35-17(21)3/h4-10,13,15,28H,11-12,14H2,1-3H3/t15-/m0/s1. The van der Waals surface area contributed by atoms with Gasteiger partial charge in [-0.3, -0.25) is 19.4 Å². The molecule has 9 nitrogen and oxygen atoms in total. The van der Waals surface area contributed by atoms with E-state index in [9.17, 15) is 14.4 Å². The maximum atomic E-state index is 13.3. The number of aryl methyl sites for hydroxylation is 2. The van der Waals surface area contributed by atoms with Gasteiger partial charge in [-0.15, -0.1) is 0 Å². The fourth-order valence-corrected chi connectivity index (χ4v) is 4.73. The van der Waals surface area contributed by atoms with Crippen molar-refractivity contribution in [3.05, 3.63) is 71.4 Å². The van der Waals surface area contributed by atoms with Crippen molar-refractivity contribution >= 4 is 28.6 Å². The fourth-order valence-electron chi connectivity index (χ4n) is 4.73. The summed E-state index contributed by atoms with van der Waals surface area (Å²) in [5.74, 6) is -0.655. The number of H-pyrrole nitrogens is 1. The first-order valence-corrected chi connectivity index (χ1v) is 11.5. The minimum Gasteiger partial charge on any atom is -0.361 e. The number of rotatable bonds is 4. The van der Waals surface area contributed by atoms with Gasteiger partial charge in [0.2, 0.25) is 0 Å². The molecular weight excluding hydrogens is 446 g/mol. The number of nitrogens with one attached hydrogen (secondary N) is 1. The SMILES string of the molecule is Cc1noc(C)c1-c1ccnc2c(C(=O)C(=O)N3CCN(C(=O)c4ccccc4)C[C@@H]3C)c[nH]c12. The second kappa shape index (κ2) is 8.83. The van der Waals surface area contributed by atoms with Gasteiger partial charge in [-0.2, -0.15) is 0 Å². The zero-order valence-electron chi connectivity index (χ0n) is 19.7. The minimum absolute atomic E-state index is 0.0800. The molecule has 0 spiro atoms. The topological polar surface area (TPSA) is 112 Å². The normalized spacial score (nSPS) is 16.0. The average Bonchev–Trinajstić information content (AvgIpc) is 3.46. The molecule has 2 amide bonds. The lowest BCUT2D eigenvalue weighted by Crippen LogP contribution is -2.56. The molecule has 1 atom stereocenters. The van der Waals surface area contributed by atoms with Crippen LogP contribution in [0, 0.1) is 13.8 Å². The second-order valence-corrected chi connectivity index (χ2v) is 8.78. The molecule has 1 fully saturated rings. The number of aromatic amines is 1. The number of carbonyl (C=O) groups is 3. The molecule has 178 valence electrons. The van der Waals surface area contributed by atoms with Gasteiger partial charge in [0.25, 0.3) is 17.6 Å². The van der Waals surface area contributed by atoms with Crippen LogP contribution in [0.1, 0.15) is 39.1 Å². The molecule has 0 radical (unpaired) electrons. The molecule has 1 aliphatic rings. The predicted molar refractivity (Wildman–Crippen MR) is 129 cm³/mol. The number of amides is 2. The number of Topliss-reactive ketones (excluding diaryl/α,β-unsaturated/α-hetero) is 1. The number of hydrogen-bond acceptors (Lipinski definition) is 6. The van der Waals surface area contributed by atoms with Crippen LogP contribution in [-0.4, -0.2) is 68.2 Å². The number of hydrogen-bond donors (Lipinski definition) is 1. The summed E-state index contributed by atoms with van der Waals surface area (Å²) in [6, 6.07) is 10.6. The van der Waals surface area contributed by atoms with Gasteiger partial charge >= 0.3 is 0 Å². The van der Waals surface area contributed by atoms with E-state index >= 15 is 0 Å². The Kier molecular flexibility index (Phi) is 5.68. The third kappa shape index (κ3) is 3.88. The third-order valence-corrected chi connectivity index (χ3v) is 6.50. The highest BCUT2D eigenvalue weighted by molar-refractivity contribution is 6.44. The van der Waals surface area contributed by atoms with Crippen molar-refractivity contribution in [1.29, 1.82) is 0 Å². The Morgan fingerprint density at radius 2 is 1.86 bits per heavy atom. The molecule has 0 aliphatic carbocycles. The van der Waals surface area contributed by atoms with E-state index in [1.807, 2.05) is 45.0 Å². The number of carbonyl (C=O) groups excluding carboxylic acids is 3. The van der Waals surface area contributed by atoms with E-state index < -0.39 is 11.7 Å². The summed E-state index contributed by atoms with van der Waals surface area (Å²) in [7, 11) is 0. The predicted octanol–water partition coefficient (Wildman–Crippen LogP) is 3.39.